The molecule has 48 heavy (non-hydrogen) atoms. The van der Waals surface area contributed by atoms with E-state index in [1.165, 1.54) is 21.8 Å². The molecule has 0 atom stereocenters. The monoisotopic (exact) mass is 610 g/mol. The maximum absolute atomic E-state index is 10.4. The van der Waals surface area contributed by atoms with Crippen LogP contribution < -0.4 is 0 Å². The minimum absolute atomic E-state index is 0.604. The Bertz CT molecular complexity index is 2760. The average Bonchev–Trinajstić information content (AvgIpc) is 3.67. The first-order valence-corrected chi connectivity index (χ1v) is 15.9. The normalized spacial score (nSPS) is 11.3. The van der Waals surface area contributed by atoms with Crippen LogP contribution in [0.15, 0.2) is 158 Å². The summed E-state index contributed by atoms with van der Waals surface area (Å²) in [7, 11) is 0. The summed E-state index contributed by atoms with van der Waals surface area (Å²) in [4.78, 5) is 3.69. The van der Waals surface area contributed by atoms with Crippen LogP contribution in [0, 0.1) is 17.9 Å². The third kappa shape index (κ3) is 4.14. The van der Waals surface area contributed by atoms with Gasteiger partial charge in [0.1, 0.15) is 0 Å². The van der Waals surface area contributed by atoms with Gasteiger partial charge in [-0.1, -0.05) is 97.1 Å². The molecule has 0 spiro atoms. The lowest BCUT2D eigenvalue weighted by atomic mass is 9.94. The van der Waals surface area contributed by atoms with E-state index in [0.29, 0.717) is 11.3 Å². The molecule has 2 aromatic heterocycles. The molecule has 9 aromatic rings. The SMILES string of the molecule is [C-]#[N+]c1ccc2c(c1)c1ccccc1n2-c1cccc(C#N)c1-c1cccc(-c2cccc(-n3c4ccccc4c4ccccc43)c2)c1. The van der Waals surface area contributed by atoms with E-state index in [4.69, 9.17) is 6.57 Å². The fourth-order valence-electron chi connectivity index (χ4n) is 7.29. The highest BCUT2D eigenvalue weighted by molar-refractivity contribution is 6.11. The molecule has 2 heterocycles. The molecule has 4 heteroatoms. The molecular formula is C44H26N4. The van der Waals surface area contributed by atoms with Crippen molar-refractivity contribution < 1.29 is 0 Å². The molecule has 222 valence electrons. The molecule has 9 rings (SSSR count). The summed E-state index contributed by atoms with van der Waals surface area (Å²) >= 11 is 0. The van der Waals surface area contributed by atoms with Gasteiger partial charge in [0.15, 0.2) is 5.69 Å². The second kappa shape index (κ2) is 10.9. The standard InChI is InChI=1S/C44H26N4/c1-46-33-23-24-42-38(27-33)37-18-4-7-21-41(37)48(42)43-22-10-14-32(28-45)44(43)31-13-8-11-29(25-31)30-12-9-15-34(26-30)47-39-19-5-2-16-35(39)36-17-3-6-20-40(36)47/h2-27H. The quantitative estimate of drug-likeness (QED) is 0.183. The molecule has 0 unspecified atom stereocenters. The third-order valence-electron chi connectivity index (χ3n) is 9.36. The van der Waals surface area contributed by atoms with E-state index in [2.05, 4.69) is 135 Å². The topological polar surface area (TPSA) is 38.0 Å². The van der Waals surface area contributed by atoms with Crippen LogP contribution in [0.2, 0.25) is 0 Å². The van der Waals surface area contributed by atoms with Crippen LogP contribution in [0.5, 0.6) is 0 Å². The van der Waals surface area contributed by atoms with Crippen molar-refractivity contribution in [3.8, 4) is 39.7 Å². The fourth-order valence-corrected chi connectivity index (χ4v) is 7.29. The summed E-state index contributed by atoms with van der Waals surface area (Å²) in [6.45, 7) is 7.59. The molecule has 0 saturated heterocycles. The summed E-state index contributed by atoms with van der Waals surface area (Å²) in [6.07, 6.45) is 0. The summed E-state index contributed by atoms with van der Waals surface area (Å²) in [5.41, 5.74) is 11.6. The first-order chi connectivity index (χ1) is 23.7. The van der Waals surface area contributed by atoms with Crippen LogP contribution in [0.3, 0.4) is 0 Å². The average molecular weight is 611 g/mol. The number of hydrogen-bond acceptors (Lipinski definition) is 1. The van der Waals surface area contributed by atoms with E-state index in [1.807, 2.05) is 42.5 Å². The zero-order valence-corrected chi connectivity index (χ0v) is 25.8. The maximum atomic E-state index is 10.4. The van der Waals surface area contributed by atoms with Gasteiger partial charge in [-0.3, -0.25) is 0 Å². The Hall–Kier alpha value is -6.88. The highest BCUT2D eigenvalue weighted by atomic mass is 15.0. The van der Waals surface area contributed by atoms with Crippen molar-refractivity contribution in [2.75, 3.05) is 0 Å². The molecule has 0 aliphatic rings. The molecule has 0 aliphatic heterocycles. The van der Waals surface area contributed by atoms with Crippen molar-refractivity contribution in [2.45, 2.75) is 0 Å². The number of rotatable bonds is 4. The Labute approximate surface area is 277 Å². The Kier molecular flexibility index (Phi) is 6.22. The first kappa shape index (κ1) is 27.4. The molecule has 7 aromatic carbocycles. The van der Waals surface area contributed by atoms with Crippen molar-refractivity contribution in [3.63, 3.8) is 0 Å². The highest BCUT2D eigenvalue weighted by Crippen LogP contribution is 2.40. The van der Waals surface area contributed by atoms with E-state index >= 15 is 0 Å². The van der Waals surface area contributed by atoms with Gasteiger partial charge < -0.3 is 9.13 Å². The van der Waals surface area contributed by atoms with E-state index in [-0.39, 0.29) is 0 Å². The molecular weight excluding hydrogens is 585 g/mol. The zero-order chi connectivity index (χ0) is 32.2. The molecule has 0 bridgehead atoms. The van der Waals surface area contributed by atoms with Gasteiger partial charge in [-0.25, -0.2) is 4.85 Å². The lowest BCUT2D eigenvalue weighted by Gasteiger charge is -2.16. The largest absolute Gasteiger partial charge is 0.309 e. The van der Waals surface area contributed by atoms with E-state index in [0.717, 1.165) is 55.4 Å². The third-order valence-corrected chi connectivity index (χ3v) is 9.36. The molecule has 0 amide bonds. The van der Waals surface area contributed by atoms with Crippen LogP contribution in [-0.2, 0) is 0 Å². The summed E-state index contributed by atoms with van der Waals surface area (Å²) in [5, 5.41) is 15.0. The number of para-hydroxylation sites is 3. The summed E-state index contributed by atoms with van der Waals surface area (Å²) in [5.74, 6) is 0. The van der Waals surface area contributed by atoms with Crippen LogP contribution in [0.4, 0.5) is 5.69 Å². The minimum Gasteiger partial charge on any atom is -0.309 e. The van der Waals surface area contributed by atoms with Crippen LogP contribution in [0.1, 0.15) is 5.56 Å². The summed E-state index contributed by atoms with van der Waals surface area (Å²) in [6, 6.07) is 56.8. The van der Waals surface area contributed by atoms with Crippen LogP contribution in [-0.4, -0.2) is 9.13 Å². The zero-order valence-electron chi connectivity index (χ0n) is 25.8. The van der Waals surface area contributed by atoms with Crippen molar-refractivity contribution in [1.82, 2.24) is 9.13 Å². The second-order valence-electron chi connectivity index (χ2n) is 12.0. The predicted molar refractivity (Wildman–Crippen MR) is 197 cm³/mol. The van der Waals surface area contributed by atoms with Gasteiger partial charge in [0.25, 0.3) is 0 Å². The molecule has 0 saturated carbocycles. The Morgan fingerprint density at radius 2 is 1.04 bits per heavy atom. The molecule has 0 N–H and O–H groups in total. The number of hydrogen-bond donors (Lipinski definition) is 0. The van der Waals surface area contributed by atoms with Gasteiger partial charge >= 0.3 is 0 Å². The lowest BCUT2D eigenvalue weighted by molar-refractivity contribution is 1.18. The van der Waals surface area contributed by atoms with Gasteiger partial charge in [0.05, 0.1) is 46.0 Å². The van der Waals surface area contributed by atoms with E-state index in [9.17, 15) is 5.26 Å². The van der Waals surface area contributed by atoms with Gasteiger partial charge in [-0.2, -0.15) is 5.26 Å². The van der Waals surface area contributed by atoms with E-state index in [1.54, 1.807) is 0 Å². The maximum Gasteiger partial charge on any atom is 0.188 e. The Morgan fingerprint density at radius 1 is 0.479 bits per heavy atom. The molecule has 4 nitrogen and oxygen atoms in total. The van der Waals surface area contributed by atoms with Crippen LogP contribution in [0.25, 0.3) is 82.1 Å². The fraction of sp³-hybridized carbons (Fsp3) is 0. The molecule has 0 radical (unpaired) electrons. The second-order valence-corrected chi connectivity index (χ2v) is 12.0. The molecule has 0 aliphatic carbocycles. The van der Waals surface area contributed by atoms with Gasteiger partial charge in [0.2, 0.25) is 0 Å². The first-order valence-electron chi connectivity index (χ1n) is 15.9. The Morgan fingerprint density at radius 3 is 1.73 bits per heavy atom. The Balaban J connectivity index is 1.23. The lowest BCUT2D eigenvalue weighted by Crippen LogP contribution is -1.99. The predicted octanol–water partition coefficient (Wildman–Crippen LogP) is 11.6. The number of nitriles is 1. The van der Waals surface area contributed by atoms with Crippen molar-refractivity contribution in [3.05, 3.63) is 175 Å². The van der Waals surface area contributed by atoms with Gasteiger partial charge in [-0.05, 0) is 82.7 Å². The minimum atomic E-state index is 0.604. The number of nitrogens with zero attached hydrogens (tertiary/aromatic N) is 4. The summed E-state index contributed by atoms with van der Waals surface area (Å²) < 4.78 is 4.56. The number of fused-ring (bicyclic) bond motifs is 6. The highest BCUT2D eigenvalue weighted by Gasteiger charge is 2.19. The van der Waals surface area contributed by atoms with Crippen molar-refractivity contribution in [2.24, 2.45) is 0 Å². The smallest absolute Gasteiger partial charge is 0.188 e. The van der Waals surface area contributed by atoms with Gasteiger partial charge in [-0.15, -0.1) is 0 Å². The number of benzene rings is 7. The van der Waals surface area contributed by atoms with E-state index < -0.39 is 0 Å². The van der Waals surface area contributed by atoms with Crippen molar-refractivity contribution in [1.29, 1.82) is 5.26 Å². The van der Waals surface area contributed by atoms with Crippen molar-refractivity contribution >= 4 is 49.3 Å². The molecule has 0 fully saturated rings. The van der Waals surface area contributed by atoms with Gasteiger partial charge in [0, 0.05) is 27.4 Å². The number of aromatic nitrogens is 2. The van der Waals surface area contributed by atoms with Crippen LogP contribution >= 0.6 is 0 Å².